The van der Waals surface area contributed by atoms with Crippen molar-refractivity contribution in [2.45, 2.75) is 58.7 Å². The van der Waals surface area contributed by atoms with Crippen molar-refractivity contribution in [2.75, 3.05) is 0 Å². The Balaban J connectivity index is 2.07. The lowest BCUT2D eigenvalue weighted by Gasteiger charge is -2.38. The summed E-state index contributed by atoms with van der Waals surface area (Å²) in [6.45, 7) is 7.05. The first-order valence-corrected chi connectivity index (χ1v) is 7.94. The van der Waals surface area contributed by atoms with Crippen LogP contribution in [-0.2, 0) is 6.54 Å². The highest BCUT2D eigenvalue weighted by Crippen LogP contribution is 2.26. The van der Waals surface area contributed by atoms with E-state index in [4.69, 9.17) is 0 Å². The van der Waals surface area contributed by atoms with Gasteiger partial charge >= 0.3 is 5.97 Å². The Labute approximate surface area is 130 Å². The Hall–Kier alpha value is -1.88. The van der Waals surface area contributed by atoms with Crippen LogP contribution in [0.1, 0.15) is 54.9 Å². The second kappa shape index (κ2) is 5.72. The van der Waals surface area contributed by atoms with Gasteiger partial charge in [-0.3, -0.25) is 4.90 Å². The summed E-state index contributed by atoms with van der Waals surface area (Å²) in [4.78, 5) is 18.4. The van der Waals surface area contributed by atoms with Crippen molar-refractivity contribution in [1.82, 2.24) is 14.3 Å². The van der Waals surface area contributed by atoms with E-state index in [0.29, 0.717) is 18.6 Å². The molecule has 0 aromatic carbocycles. The monoisotopic (exact) mass is 301 g/mol. The molecule has 1 saturated heterocycles. The standard InChI is InChI=1S/C17H23N3O2/c1-11-6-5-9-19-14(15(17(21)22)18-16(11)19)10-20-12(2)7-4-8-13(20)3/h5-6,9,12-13H,4,7-8,10H2,1-3H3,(H,21,22). The number of aryl methyl sites for hydroxylation is 1. The van der Waals surface area contributed by atoms with Crippen molar-refractivity contribution in [3.8, 4) is 0 Å². The van der Waals surface area contributed by atoms with Crippen LogP contribution in [0.5, 0.6) is 0 Å². The molecule has 3 heterocycles. The highest BCUT2D eigenvalue weighted by atomic mass is 16.4. The molecule has 0 bridgehead atoms. The molecule has 0 spiro atoms. The van der Waals surface area contributed by atoms with E-state index < -0.39 is 5.97 Å². The van der Waals surface area contributed by atoms with Crippen LogP contribution >= 0.6 is 0 Å². The molecule has 0 radical (unpaired) electrons. The predicted molar refractivity (Wildman–Crippen MR) is 85.2 cm³/mol. The maximum absolute atomic E-state index is 11.6. The molecule has 1 N–H and O–H groups in total. The van der Waals surface area contributed by atoms with E-state index in [1.807, 2.05) is 29.7 Å². The lowest BCUT2D eigenvalue weighted by molar-refractivity contribution is 0.0678. The van der Waals surface area contributed by atoms with Gasteiger partial charge in [-0.25, -0.2) is 9.78 Å². The van der Waals surface area contributed by atoms with Gasteiger partial charge in [0.1, 0.15) is 5.65 Å². The zero-order valence-electron chi connectivity index (χ0n) is 13.4. The van der Waals surface area contributed by atoms with Crippen molar-refractivity contribution in [2.24, 2.45) is 0 Å². The van der Waals surface area contributed by atoms with Gasteiger partial charge in [0.05, 0.1) is 5.69 Å². The second-order valence-corrected chi connectivity index (χ2v) is 6.40. The Morgan fingerprint density at radius 3 is 2.68 bits per heavy atom. The Morgan fingerprint density at radius 2 is 2.05 bits per heavy atom. The van der Waals surface area contributed by atoms with E-state index in [0.717, 1.165) is 16.9 Å². The van der Waals surface area contributed by atoms with Crippen LogP contribution in [0, 0.1) is 6.92 Å². The number of hydrogen-bond donors (Lipinski definition) is 1. The van der Waals surface area contributed by atoms with Gasteiger partial charge in [-0.2, -0.15) is 0 Å². The van der Waals surface area contributed by atoms with Gasteiger partial charge in [0, 0.05) is 24.8 Å². The molecule has 2 unspecified atom stereocenters. The molecule has 2 aromatic heterocycles. The summed E-state index contributed by atoms with van der Waals surface area (Å²) >= 11 is 0. The van der Waals surface area contributed by atoms with Crippen LogP contribution in [0.15, 0.2) is 18.3 Å². The van der Waals surface area contributed by atoms with Gasteiger partial charge in [0.2, 0.25) is 0 Å². The molecule has 1 aliphatic rings. The van der Waals surface area contributed by atoms with Crippen molar-refractivity contribution < 1.29 is 9.90 Å². The average molecular weight is 301 g/mol. The lowest BCUT2D eigenvalue weighted by Crippen LogP contribution is -2.43. The number of rotatable bonds is 3. The number of aromatic carboxylic acids is 1. The molecule has 0 saturated carbocycles. The third kappa shape index (κ3) is 2.50. The van der Waals surface area contributed by atoms with Gasteiger partial charge in [0.15, 0.2) is 5.69 Å². The van der Waals surface area contributed by atoms with Crippen molar-refractivity contribution in [3.63, 3.8) is 0 Å². The number of piperidine rings is 1. The summed E-state index contributed by atoms with van der Waals surface area (Å²) in [5.41, 5.74) is 2.70. The van der Waals surface area contributed by atoms with Gasteiger partial charge in [0.25, 0.3) is 0 Å². The van der Waals surface area contributed by atoms with Crippen LogP contribution in [0.25, 0.3) is 5.65 Å². The van der Waals surface area contributed by atoms with Crippen molar-refractivity contribution >= 4 is 11.6 Å². The molecule has 1 fully saturated rings. The third-order valence-electron chi connectivity index (χ3n) is 4.86. The summed E-state index contributed by atoms with van der Waals surface area (Å²) in [6, 6.07) is 4.85. The van der Waals surface area contributed by atoms with Crippen LogP contribution in [0.2, 0.25) is 0 Å². The number of carboxylic acids is 1. The molecular weight excluding hydrogens is 278 g/mol. The first-order valence-electron chi connectivity index (χ1n) is 7.94. The van der Waals surface area contributed by atoms with E-state index >= 15 is 0 Å². The largest absolute Gasteiger partial charge is 0.476 e. The van der Waals surface area contributed by atoms with Gasteiger partial charge in [-0.05, 0) is 45.2 Å². The molecule has 0 amide bonds. The Kier molecular flexibility index (Phi) is 3.91. The van der Waals surface area contributed by atoms with Crippen LogP contribution in [0.4, 0.5) is 0 Å². The minimum absolute atomic E-state index is 0.180. The fourth-order valence-electron chi connectivity index (χ4n) is 3.53. The van der Waals surface area contributed by atoms with E-state index in [9.17, 15) is 9.90 Å². The number of carbonyl (C=O) groups is 1. The smallest absolute Gasteiger partial charge is 0.356 e. The Bertz CT molecular complexity index is 697. The van der Waals surface area contributed by atoms with Crippen molar-refractivity contribution in [3.05, 3.63) is 35.3 Å². The van der Waals surface area contributed by atoms with Crippen LogP contribution in [0.3, 0.4) is 0 Å². The normalized spacial score (nSPS) is 23.0. The minimum atomic E-state index is -0.949. The summed E-state index contributed by atoms with van der Waals surface area (Å²) in [7, 11) is 0. The predicted octanol–water partition coefficient (Wildman–Crippen LogP) is 3.10. The topological polar surface area (TPSA) is 57.8 Å². The molecule has 3 rings (SSSR count). The van der Waals surface area contributed by atoms with Gasteiger partial charge in [-0.15, -0.1) is 0 Å². The van der Waals surface area contributed by atoms with Gasteiger partial charge < -0.3 is 9.51 Å². The summed E-state index contributed by atoms with van der Waals surface area (Å²) in [5.74, 6) is -0.949. The molecule has 2 aromatic rings. The van der Waals surface area contributed by atoms with E-state index in [-0.39, 0.29) is 5.69 Å². The fourth-order valence-corrected chi connectivity index (χ4v) is 3.53. The molecule has 2 atom stereocenters. The molecule has 5 heteroatoms. The Morgan fingerprint density at radius 1 is 1.36 bits per heavy atom. The molecule has 5 nitrogen and oxygen atoms in total. The summed E-state index contributed by atoms with van der Waals surface area (Å²) in [6.07, 6.45) is 5.50. The van der Waals surface area contributed by atoms with E-state index in [1.54, 1.807) is 0 Å². The zero-order valence-corrected chi connectivity index (χ0v) is 13.4. The first-order chi connectivity index (χ1) is 10.5. The number of pyridine rings is 1. The quantitative estimate of drug-likeness (QED) is 0.946. The van der Waals surface area contributed by atoms with Crippen LogP contribution in [-0.4, -0.2) is 37.4 Å². The van der Waals surface area contributed by atoms with Crippen LogP contribution < -0.4 is 0 Å². The number of nitrogens with zero attached hydrogens (tertiary/aromatic N) is 3. The highest BCUT2D eigenvalue weighted by molar-refractivity contribution is 5.88. The van der Waals surface area contributed by atoms with E-state index in [2.05, 4.69) is 23.7 Å². The maximum atomic E-state index is 11.6. The number of likely N-dealkylation sites (tertiary alicyclic amines) is 1. The molecule has 22 heavy (non-hydrogen) atoms. The maximum Gasteiger partial charge on any atom is 0.356 e. The second-order valence-electron chi connectivity index (χ2n) is 6.40. The average Bonchev–Trinajstić information content (AvgIpc) is 2.83. The molecule has 118 valence electrons. The first kappa shape index (κ1) is 15.0. The fraction of sp³-hybridized carbons (Fsp3) is 0.529. The minimum Gasteiger partial charge on any atom is -0.476 e. The lowest BCUT2D eigenvalue weighted by atomic mass is 9.97. The highest BCUT2D eigenvalue weighted by Gasteiger charge is 2.28. The number of aromatic nitrogens is 2. The van der Waals surface area contributed by atoms with Gasteiger partial charge in [-0.1, -0.05) is 12.5 Å². The molecule has 1 aliphatic heterocycles. The summed E-state index contributed by atoms with van der Waals surface area (Å²) < 4.78 is 1.94. The number of hydrogen-bond acceptors (Lipinski definition) is 3. The van der Waals surface area contributed by atoms with Crippen molar-refractivity contribution in [1.29, 1.82) is 0 Å². The molecule has 0 aliphatic carbocycles. The zero-order chi connectivity index (χ0) is 15.9. The third-order valence-corrected chi connectivity index (χ3v) is 4.86. The van der Waals surface area contributed by atoms with E-state index in [1.165, 1.54) is 19.3 Å². The number of fused-ring (bicyclic) bond motifs is 1. The number of imidazole rings is 1. The SMILES string of the molecule is Cc1cccn2c(CN3C(C)CCCC3C)c(C(=O)O)nc12. The molecular formula is C17H23N3O2. The number of carboxylic acid groups (broad SMARTS) is 1. The summed E-state index contributed by atoms with van der Waals surface area (Å²) in [5, 5.41) is 9.52.